The molecule has 0 saturated heterocycles. The lowest BCUT2D eigenvalue weighted by Crippen LogP contribution is -1.97. The van der Waals surface area contributed by atoms with Gasteiger partial charge in [0.05, 0.1) is 29.5 Å². The van der Waals surface area contributed by atoms with Crippen LogP contribution in [0.2, 0.25) is 0 Å². The molecule has 0 aliphatic heterocycles. The molecule has 2 heterocycles. The lowest BCUT2D eigenvalue weighted by atomic mass is 10.2. The molecule has 23 heavy (non-hydrogen) atoms. The molecular formula is C18H15NO3S. The Labute approximate surface area is 138 Å². The number of nitrogens with zero attached hydrogens (tertiary/aromatic N) is 1. The molecule has 2 aromatic heterocycles. The summed E-state index contributed by atoms with van der Waals surface area (Å²) in [6.07, 6.45) is 0. The Morgan fingerprint density at radius 3 is 2.57 bits per heavy atom. The largest absolute Gasteiger partial charge is 0.477 e. The number of ether oxygens (including phenoxy) is 1. The van der Waals surface area contributed by atoms with E-state index in [-0.39, 0.29) is 0 Å². The average Bonchev–Trinajstić information content (AvgIpc) is 3.07. The third kappa shape index (κ3) is 4.03. The molecule has 0 bridgehead atoms. The Morgan fingerprint density at radius 1 is 1.00 bits per heavy atom. The first kappa shape index (κ1) is 15.4. The van der Waals surface area contributed by atoms with Crippen molar-refractivity contribution in [2.45, 2.75) is 13.2 Å². The van der Waals surface area contributed by atoms with Gasteiger partial charge in [0.25, 0.3) is 0 Å². The van der Waals surface area contributed by atoms with Crippen LogP contribution in [0.1, 0.15) is 20.9 Å². The van der Waals surface area contributed by atoms with Crippen LogP contribution in [0.5, 0.6) is 0 Å². The summed E-state index contributed by atoms with van der Waals surface area (Å²) < 4.78 is 5.69. The molecule has 3 rings (SSSR count). The Balaban J connectivity index is 1.66. The number of aromatic carboxylic acids is 1. The molecule has 116 valence electrons. The van der Waals surface area contributed by atoms with Gasteiger partial charge in [-0.05, 0) is 29.8 Å². The minimum atomic E-state index is -0.913. The third-order valence-corrected chi connectivity index (χ3v) is 4.33. The summed E-state index contributed by atoms with van der Waals surface area (Å²) in [6.45, 7) is 0.953. The van der Waals surface area contributed by atoms with Gasteiger partial charge < -0.3 is 9.84 Å². The summed E-state index contributed by atoms with van der Waals surface area (Å²) in [5.41, 5.74) is 2.71. The van der Waals surface area contributed by atoms with Gasteiger partial charge >= 0.3 is 5.97 Å². The summed E-state index contributed by atoms with van der Waals surface area (Å²) >= 11 is 1.22. The number of thiophene rings is 1. The molecule has 0 amide bonds. The lowest BCUT2D eigenvalue weighted by molar-refractivity contribution is 0.0702. The quantitative estimate of drug-likeness (QED) is 0.737. The van der Waals surface area contributed by atoms with Crippen LogP contribution in [0.15, 0.2) is 60.7 Å². The first-order chi connectivity index (χ1) is 11.2. The van der Waals surface area contributed by atoms with Crippen LogP contribution in [-0.2, 0) is 18.0 Å². The van der Waals surface area contributed by atoms with Gasteiger partial charge in [0.15, 0.2) is 0 Å². The van der Waals surface area contributed by atoms with Crippen LogP contribution in [0, 0.1) is 0 Å². The number of pyridine rings is 1. The number of aromatic nitrogens is 1. The van der Waals surface area contributed by atoms with Crippen molar-refractivity contribution < 1.29 is 14.6 Å². The van der Waals surface area contributed by atoms with E-state index in [9.17, 15) is 4.79 Å². The second kappa shape index (κ2) is 7.17. The van der Waals surface area contributed by atoms with Gasteiger partial charge in [0.1, 0.15) is 4.88 Å². The summed E-state index contributed by atoms with van der Waals surface area (Å²) in [7, 11) is 0. The average molecular weight is 325 g/mol. The molecule has 0 atom stereocenters. The Morgan fingerprint density at radius 2 is 1.83 bits per heavy atom. The standard InChI is InChI=1S/C18H15NO3S/c20-18(21)17-10-9-16(23-17)15-8-4-7-14(19-15)12-22-11-13-5-2-1-3-6-13/h1-10H,11-12H2,(H,20,21). The number of hydrogen-bond acceptors (Lipinski definition) is 4. The molecule has 0 aliphatic rings. The monoisotopic (exact) mass is 325 g/mol. The zero-order chi connectivity index (χ0) is 16.1. The van der Waals surface area contributed by atoms with E-state index in [0.717, 1.165) is 21.8 Å². The van der Waals surface area contributed by atoms with Gasteiger partial charge in [-0.1, -0.05) is 36.4 Å². The van der Waals surface area contributed by atoms with Crippen molar-refractivity contribution >= 4 is 17.3 Å². The highest BCUT2D eigenvalue weighted by Crippen LogP contribution is 2.26. The van der Waals surface area contributed by atoms with Gasteiger partial charge in [-0.25, -0.2) is 9.78 Å². The van der Waals surface area contributed by atoms with Crippen LogP contribution in [0.4, 0.5) is 0 Å². The van der Waals surface area contributed by atoms with Crippen LogP contribution in [-0.4, -0.2) is 16.1 Å². The zero-order valence-corrected chi connectivity index (χ0v) is 13.1. The third-order valence-electron chi connectivity index (χ3n) is 3.24. The van der Waals surface area contributed by atoms with E-state index in [1.165, 1.54) is 11.3 Å². The summed E-state index contributed by atoms with van der Waals surface area (Å²) in [5.74, 6) is -0.913. The maximum atomic E-state index is 11.0. The van der Waals surface area contributed by atoms with Crippen molar-refractivity contribution in [2.24, 2.45) is 0 Å². The smallest absolute Gasteiger partial charge is 0.345 e. The summed E-state index contributed by atoms with van der Waals surface area (Å²) in [6, 6.07) is 19.0. The van der Waals surface area contributed by atoms with Crippen molar-refractivity contribution in [1.29, 1.82) is 0 Å². The van der Waals surface area contributed by atoms with E-state index in [2.05, 4.69) is 4.98 Å². The Hall–Kier alpha value is -2.50. The van der Waals surface area contributed by atoms with Crippen molar-refractivity contribution in [3.8, 4) is 10.6 Å². The molecule has 0 unspecified atom stereocenters. The lowest BCUT2D eigenvalue weighted by Gasteiger charge is -2.05. The fourth-order valence-electron chi connectivity index (χ4n) is 2.14. The molecule has 0 fully saturated rings. The second-order valence-corrected chi connectivity index (χ2v) is 6.05. The van der Waals surface area contributed by atoms with E-state index in [0.29, 0.717) is 18.1 Å². The normalized spacial score (nSPS) is 10.6. The molecule has 3 aromatic rings. The molecule has 0 spiro atoms. The molecular weight excluding hydrogens is 310 g/mol. The molecule has 0 aliphatic carbocycles. The highest BCUT2D eigenvalue weighted by molar-refractivity contribution is 7.17. The molecule has 1 aromatic carbocycles. The summed E-state index contributed by atoms with van der Waals surface area (Å²) in [4.78, 5) is 16.7. The van der Waals surface area contributed by atoms with E-state index in [1.807, 2.05) is 48.5 Å². The van der Waals surface area contributed by atoms with E-state index >= 15 is 0 Å². The number of carboxylic acids is 1. The van der Waals surface area contributed by atoms with Crippen molar-refractivity contribution in [1.82, 2.24) is 4.98 Å². The molecule has 5 heteroatoms. The van der Waals surface area contributed by atoms with Crippen LogP contribution in [0.25, 0.3) is 10.6 Å². The highest BCUT2D eigenvalue weighted by atomic mass is 32.1. The first-order valence-electron chi connectivity index (χ1n) is 7.13. The zero-order valence-electron chi connectivity index (χ0n) is 12.3. The number of carboxylic acid groups (broad SMARTS) is 1. The molecule has 0 saturated carbocycles. The van der Waals surface area contributed by atoms with Crippen LogP contribution >= 0.6 is 11.3 Å². The minimum absolute atomic E-state index is 0.313. The number of carbonyl (C=O) groups is 1. The second-order valence-electron chi connectivity index (χ2n) is 4.96. The van der Waals surface area contributed by atoms with Gasteiger partial charge in [0, 0.05) is 0 Å². The topological polar surface area (TPSA) is 59.4 Å². The predicted octanol–water partition coefficient (Wildman–Crippen LogP) is 4.23. The summed E-state index contributed by atoms with van der Waals surface area (Å²) in [5, 5.41) is 8.99. The van der Waals surface area contributed by atoms with Gasteiger partial charge in [-0.15, -0.1) is 11.3 Å². The van der Waals surface area contributed by atoms with Crippen molar-refractivity contribution in [3.05, 3.63) is 76.8 Å². The number of rotatable bonds is 6. The molecule has 1 N–H and O–H groups in total. The van der Waals surface area contributed by atoms with Crippen molar-refractivity contribution in [2.75, 3.05) is 0 Å². The van der Waals surface area contributed by atoms with E-state index < -0.39 is 5.97 Å². The van der Waals surface area contributed by atoms with Gasteiger partial charge in [-0.3, -0.25) is 0 Å². The molecule has 0 radical (unpaired) electrons. The maximum absolute atomic E-state index is 11.0. The van der Waals surface area contributed by atoms with Crippen molar-refractivity contribution in [3.63, 3.8) is 0 Å². The number of hydrogen-bond donors (Lipinski definition) is 1. The predicted molar refractivity (Wildman–Crippen MR) is 89.4 cm³/mol. The minimum Gasteiger partial charge on any atom is -0.477 e. The SMILES string of the molecule is O=C(O)c1ccc(-c2cccc(COCc3ccccc3)n2)s1. The van der Waals surface area contributed by atoms with Gasteiger partial charge in [-0.2, -0.15) is 0 Å². The Bertz CT molecular complexity index is 799. The molecule has 4 nitrogen and oxygen atoms in total. The van der Waals surface area contributed by atoms with E-state index in [4.69, 9.17) is 9.84 Å². The fraction of sp³-hybridized carbons (Fsp3) is 0.111. The highest BCUT2D eigenvalue weighted by Gasteiger charge is 2.09. The van der Waals surface area contributed by atoms with E-state index in [1.54, 1.807) is 12.1 Å². The number of benzene rings is 1. The van der Waals surface area contributed by atoms with Gasteiger partial charge in [0.2, 0.25) is 0 Å². The fourth-order valence-corrected chi connectivity index (χ4v) is 2.95. The van der Waals surface area contributed by atoms with Crippen LogP contribution in [0.3, 0.4) is 0 Å². The first-order valence-corrected chi connectivity index (χ1v) is 7.95. The Kier molecular flexibility index (Phi) is 4.80. The van der Waals surface area contributed by atoms with Crippen LogP contribution < -0.4 is 0 Å². The maximum Gasteiger partial charge on any atom is 0.345 e.